The van der Waals surface area contributed by atoms with Crippen molar-refractivity contribution in [1.82, 2.24) is 5.32 Å². The van der Waals surface area contributed by atoms with Gasteiger partial charge in [-0.05, 0) is 39.0 Å². The van der Waals surface area contributed by atoms with E-state index in [4.69, 9.17) is 21.1 Å². The molecule has 1 aromatic rings. The van der Waals surface area contributed by atoms with Crippen LogP contribution in [0.25, 0.3) is 0 Å². The highest BCUT2D eigenvalue weighted by molar-refractivity contribution is 6.32. The normalized spacial score (nSPS) is 16.4. The predicted molar refractivity (Wildman–Crippen MR) is 83.1 cm³/mol. The van der Waals surface area contributed by atoms with E-state index >= 15 is 0 Å². The van der Waals surface area contributed by atoms with Crippen LogP contribution in [0.1, 0.15) is 20.8 Å². The second-order valence-corrected chi connectivity index (χ2v) is 6.11. The molecule has 1 aliphatic rings. The Bertz CT molecular complexity index is 516. The summed E-state index contributed by atoms with van der Waals surface area (Å²) in [6.45, 7) is 7.41. The van der Waals surface area contributed by atoms with Crippen molar-refractivity contribution in [3.63, 3.8) is 0 Å². The maximum absolute atomic E-state index is 11.8. The molecule has 1 heterocycles. The van der Waals surface area contributed by atoms with Gasteiger partial charge in [-0.15, -0.1) is 0 Å². The Morgan fingerprint density at radius 3 is 2.71 bits per heavy atom. The lowest BCUT2D eigenvalue weighted by Crippen LogP contribution is -2.59. The fourth-order valence-corrected chi connectivity index (χ4v) is 2.17. The van der Waals surface area contributed by atoms with Gasteiger partial charge in [0.05, 0.1) is 16.7 Å². The number of amides is 1. The van der Waals surface area contributed by atoms with Crippen LogP contribution in [0.2, 0.25) is 5.02 Å². The fourth-order valence-electron chi connectivity index (χ4n) is 1.94. The molecule has 5 nitrogen and oxygen atoms in total. The molecule has 0 unspecified atom stereocenters. The van der Waals surface area contributed by atoms with Gasteiger partial charge in [-0.1, -0.05) is 11.6 Å². The summed E-state index contributed by atoms with van der Waals surface area (Å²) in [5.74, 6) is 0.408. The molecule has 1 aliphatic heterocycles. The van der Waals surface area contributed by atoms with Gasteiger partial charge in [0.1, 0.15) is 12.4 Å². The summed E-state index contributed by atoms with van der Waals surface area (Å²) < 4.78 is 11.1. The van der Waals surface area contributed by atoms with Crippen molar-refractivity contribution in [3.05, 3.63) is 23.2 Å². The minimum absolute atomic E-state index is 0.0278. The van der Waals surface area contributed by atoms with Gasteiger partial charge in [0.25, 0.3) is 0 Å². The van der Waals surface area contributed by atoms with Gasteiger partial charge in [0.15, 0.2) is 0 Å². The number of rotatable bonds is 6. The van der Waals surface area contributed by atoms with E-state index in [1.165, 1.54) is 0 Å². The Morgan fingerprint density at radius 1 is 1.48 bits per heavy atom. The summed E-state index contributed by atoms with van der Waals surface area (Å²) in [7, 11) is 0. The zero-order valence-corrected chi connectivity index (χ0v) is 13.3. The predicted octanol–water partition coefficient (Wildman–Crippen LogP) is 2.44. The number of hydrogen-bond donors (Lipinski definition) is 2. The Morgan fingerprint density at radius 2 is 2.19 bits per heavy atom. The quantitative estimate of drug-likeness (QED) is 0.847. The highest BCUT2D eigenvalue weighted by Crippen LogP contribution is 2.28. The number of hydrogen-bond acceptors (Lipinski definition) is 4. The molecular formula is C15H21ClN2O3. The first-order chi connectivity index (χ1) is 9.88. The van der Waals surface area contributed by atoms with E-state index in [2.05, 4.69) is 10.6 Å². The van der Waals surface area contributed by atoms with Gasteiger partial charge in [-0.3, -0.25) is 4.79 Å². The number of nitrogens with one attached hydrogen (secondary N) is 2. The molecule has 1 amide bonds. The molecule has 0 bridgehead atoms. The third-order valence-corrected chi connectivity index (χ3v) is 3.42. The standard InChI is InChI=1S/C15H21ClN2O3/c1-10(2)21-13-5-4-11(6-12(13)16)18-14(19)7-20-15(3)8-17-9-15/h4-6,10,17H,7-9H2,1-3H3,(H,18,19). The summed E-state index contributed by atoms with van der Waals surface area (Å²) in [5.41, 5.74) is 0.394. The van der Waals surface area contributed by atoms with Gasteiger partial charge < -0.3 is 20.1 Å². The van der Waals surface area contributed by atoms with Crippen LogP contribution < -0.4 is 15.4 Å². The van der Waals surface area contributed by atoms with Crippen molar-refractivity contribution in [1.29, 1.82) is 0 Å². The van der Waals surface area contributed by atoms with Crippen molar-refractivity contribution in [2.75, 3.05) is 25.0 Å². The van der Waals surface area contributed by atoms with Crippen LogP contribution in [0.5, 0.6) is 5.75 Å². The Hall–Kier alpha value is -1.30. The average molecular weight is 313 g/mol. The van der Waals surface area contributed by atoms with Gasteiger partial charge in [0.2, 0.25) is 5.91 Å². The van der Waals surface area contributed by atoms with E-state index in [1.54, 1.807) is 18.2 Å². The second kappa shape index (κ2) is 6.64. The summed E-state index contributed by atoms with van der Waals surface area (Å²) in [5, 5.41) is 6.35. The highest BCUT2D eigenvalue weighted by atomic mass is 35.5. The van der Waals surface area contributed by atoms with Crippen molar-refractivity contribution in [2.24, 2.45) is 0 Å². The number of anilines is 1. The van der Waals surface area contributed by atoms with Gasteiger partial charge in [0, 0.05) is 18.8 Å². The molecule has 1 aromatic carbocycles. The molecular weight excluding hydrogens is 292 g/mol. The largest absolute Gasteiger partial charge is 0.489 e. The zero-order valence-electron chi connectivity index (χ0n) is 12.5. The Labute approximate surface area is 130 Å². The van der Waals surface area contributed by atoms with E-state index in [9.17, 15) is 4.79 Å². The lowest BCUT2D eigenvalue weighted by atomic mass is 10.0. The zero-order chi connectivity index (χ0) is 15.5. The molecule has 2 N–H and O–H groups in total. The van der Waals surface area contributed by atoms with E-state index in [-0.39, 0.29) is 24.2 Å². The number of halogens is 1. The summed E-state index contributed by atoms with van der Waals surface area (Å²) in [6, 6.07) is 5.17. The molecule has 0 atom stereocenters. The first-order valence-electron chi connectivity index (χ1n) is 6.99. The minimum Gasteiger partial charge on any atom is -0.489 e. The van der Waals surface area contributed by atoms with Crippen LogP contribution in [0.3, 0.4) is 0 Å². The number of carbonyl (C=O) groups is 1. The van der Waals surface area contributed by atoms with Crippen LogP contribution in [-0.4, -0.2) is 37.3 Å². The molecule has 1 fully saturated rings. The topological polar surface area (TPSA) is 59.6 Å². The molecule has 0 aromatic heterocycles. The van der Waals surface area contributed by atoms with E-state index in [1.807, 2.05) is 20.8 Å². The molecule has 116 valence electrons. The third-order valence-electron chi connectivity index (χ3n) is 3.13. The molecule has 0 radical (unpaired) electrons. The minimum atomic E-state index is -0.232. The van der Waals surface area contributed by atoms with Crippen LogP contribution in [0, 0.1) is 0 Å². The Kier molecular flexibility index (Phi) is 5.08. The molecule has 1 saturated heterocycles. The summed E-state index contributed by atoms with van der Waals surface area (Å²) in [6.07, 6.45) is 0.0492. The fraction of sp³-hybridized carbons (Fsp3) is 0.533. The maximum atomic E-state index is 11.8. The number of carbonyl (C=O) groups excluding carboxylic acids is 1. The number of ether oxygens (including phenoxy) is 2. The Balaban J connectivity index is 1.87. The lowest BCUT2D eigenvalue weighted by Gasteiger charge is -2.38. The van der Waals surface area contributed by atoms with E-state index in [0.717, 1.165) is 13.1 Å². The molecule has 21 heavy (non-hydrogen) atoms. The van der Waals surface area contributed by atoms with Crippen LogP contribution in [-0.2, 0) is 9.53 Å². The first-order valence-corrected chi connectivity index (χ1v) is 7.36. The molecule has 6 heteroatoms. The molecule has 0 spiro atoms. The van der Waals surface area contributed by atoms with Gasteiger partial charge in [-0.25, -0.2) is 0 Å². The van der Waals surface area contributed by atoms with Crippen molar-refractivity contribution in [2.45, 2.75) is 32.5 Å². The molecule has 0 aliphatic carbocycles. The van der Waals surface area contributed by atoms with Crippen LogP contribution in [0.4, 0.5) is 5.69 Å². The van der Waals surface area contributed by atoms with Crippen molar-refractivity contribution >= 4 is 23.2 Å². The summed E-state index contributed by atoms with van der Waals surface area (Å²) in [4.78, 5) is 11.8. The van der Waals surface area contributed by atoms with Crippen LogP contribution in [0.15, 0.2) is 18.2 Å². The van der Waals surface area contributed by atoms with E-state index in [0.29, 0.717) is 16.5 Å². The lowest BCUT2D eigenvalue weighted by molar-refractivity contribution is -0.130. The summed E-state index contributed by atoms with van der Waals surface area (Å²) >= 11 is 6.12. The smallest absolute Gasteiger partial charge is 0.250 e. The monoisotopic (exact) mass is 312 g/mol. The van der Waals surface area contributed by atoms with E-state index < -0.39 is 0 Å². The van der Waals surface area contributed by atoms with Gasteiger partial charge in [-0.2, -0.15) is 0 Å². The third kappa shape index (κ3) is 4.59. The van der Waals surface area contributed by atoms with Crippen molar-refractivity contribution in [3.8, 4) is 5.75 Å². The van der Waals surface area contributed by atoms with Crippen LogP contribution >= 0.6 is 11.6 Å². The van der Waals surface area contributed by atoms with Gasteiger partial charge >= 0.3 is 0 Å². The van der Waals surface area contributed by atoms with Crippen molar-refractivity contribution < 1.29 is 14.3 Å². The maximum Gasteiger partial charge on any atom is 0.250 e. The number of benzene rings is 1. The SMILES string of the molecule is CC(C)Oc1ccc(NC(=O)COC2(C)CNC2)cc1Cl. The second-order valence-electron chi connectivity index (χ2n) is 5.70. The first kappa shape index (κ1) is 16.1. The highest BCUT2D eigenvalue weighted by Gasteiger charge is 2.32. The average Bonchev–Trinajstić information content (AvgIpc) is 2.37. The molecule has 2 rings (SSSR count). The molecule has 0 saturated carbocycles.